The van der Waals surface area contributed by atoms with Crippen molar-refractivity contribution in [2.24, 2.45) is 0 Å². The molecule has 31 heavy (non-hydrogen) atoms. The molecule has 1 aliphatic heterocycles. The van der Waals surface area contributed by atoms with E-state index in [1.807, 2.05) is 11.0 Å². The van der Waals surface area contributed by atoms with Crippen LogP contribution in [-0.2, 0) is 11.3 Å². The molecule has 1 N–H and O–H groups in total. The van der Waals surface area contributed by atoms with E-state index in [0.717, 1.165) is 18.7 Å². The number of alkyl halides is 3. The highest BCUT2D eigenvalue weighted by molar-refractivity contribution is 5.92. The molecule has 3 rings (SSSR count). The summed E-state index contributed by atoms with van der Waals surface area (Å²) in [5.41, 5.74) is 1.93. The zero-order valence-electron chi connectivity index (χ0n) is 17.3. The van der Waals surface area contributed by atoms with Crippen LogP contribution in [0, 0.1) is 25.2 Å². The summed E-state index contributed by atoms with van der Waals surface area (Å²) in [6.07, 6.45) is -4.70. The highest BCUT2D eigenvalue weighted by Gasteiger charge is 2.31. The predicted molar refractivity (Wildman–Crippen MR) is 106 cm³/mol. The summed E-state index contributed by atoms with van der Waals surface area (Å²) < 4.78 is 46.1. The van der Waals surface area contributed by atoms with Gasteiger partial charge in [-0.15, -0.1) is 13.2 Å². The van der Waals surface area contributed by atoms with E-state index in [-0.39, 0.29) is 24.1 Å². The van der Waals surface area contributed by atoms with Gasteiger partial charge in [0.15, 0.2) is 0 Å². The SMILES string of the molecule is Cc1oc(NC(=O)CN2CCN(Cc3ccc(OC(F)(F)F)cc3)CC2)c(C#N)c1C. The van der Waals surface area contributed by atoms with Crippen molar-refractivity contribution in [1.29, 1.82) is 5.26 Å². The number of anilines is 1. The van der Waals surface area contributed by atoms with Crippen LogP contribution in [0.2, 0.25) is 0 Å². The Bertz CT molecular complexity index is 956. The molecule has 0 spiro atoms. The third-order valence-corrected chi connectivity index (χ3v) is 5.15. The van der Waals surface area contributed by atoms with Crippen molar-refractivity contribution < 1.29 is 27.1 Å². The Kier molecular flexibility index (Phi) is 6.87. The number of halogens is 3. The molecule has 0 radical (unpaired) electrons. The third-order valence-electron chi connectivity index (χ3n) is 5.15. The summed E-state index contributed by atoms with van der Waals surface area (Å²) in [6.45, 7) is 7.07. The molecule has 10 heteroatoms. The molecule has 2 aromatic rings. The lowest BCUT2D eigenvalue weighted by Crippen LogP contribution is -2.48. The first-order valence-electron chi connectivity index (χ1n) is 9.74. The molecule has 0 unspecified atom stereocenters. The van der Waals surface area contributed by atoms with E-state index >= 15 is 0 Å². The van der Waals surface area contributed by atoms with Gasteiger partial charge in [-0.05, 0) is 31.5 Å². The van der Waals surface area contributed by atoms with Gasteiger partial charge in [0.25, 0.3) is 0 Å². The minimum atomic E-state index is -4.70. The van der Waals surface area contributed by atoms with Gasteiger partial charge in [-0.2, -0.15) is 5.26 Å². The van der Waals surface area contributed by atoms with Crippen LogP contribution in [-0.4, -0.2) is 54.8 Å². The minimum absolute atomic E-state index is 0.180. The maximum atomic E-state index is 12.3. The number of furan rings is 1. The van der Waals surface area contributed by atoms with Crippen molar-refractivity contribution in [2.45, 2.75) is 26.8 Å². The van der Waals surface area contributed by atoms with E-state index in [1.54, 1.807) is 26.0 Å². The van der Waals surface area contributed by atoms with E-state index in [2.05, 4.69) is 15.0 Å². The van der Waals surface area contributed by atoms with Gasteiger partial charge >= 0.3 is 6.36 Å². The van der Waals surface area contributed by atoms with Gasteiger partial charge < -0.3 is 9.15 Å². The van der Waals surface area contributed by atoms with Crippen LogP contribution >= 0.6 is 0 Å². The Labute approximate surface area is 178 Å². The number of benzene rings is 1. The van der Waals surface area contributed by atoms with E-state index in [9.17, 15) is 23.2 Å². The van der Waals surface area contributed by atoms with Crippen molar-refractivity contribution in [3.63, 3.8) is 0 Å². The number of carbonyl (C=O) groups excluding carboxylic acids is 1. The van der Waals surface area contributed by atoms with E-state index in [0.29, 0.717) is 36.5 Å². The van der Waals surface area contributed by atoms with Crippen LogP contribution in [0.3, 0.4) is 0 Å². The first-order valence-corrected chi connectivity index (χ1v) is 9.74. The van der Waals surface area contributed by atoms with Crippen molar-refractivity contribution in [3.8, 4) is 11.8 Å². The number of nitrogens with one attached hydrogen (secondary N) is 1. The lowest BCUT2D eigenvalue weighted by Gasteiger charge is -2.34. The number of piperazine rings is 1. The molecule has 1 amide bonds. The average Bonchev–Trinajstić information content (AvgIpc) is 2.96. The predicted octanol–water partition coefficient (Wildman–Crippen LogP) is 3.42. The summed E-state index contributed by atoms with van der Waals surface area (Å²) in [4.78, 5) is 16.5. The Hall–Kier alpha value is -3.03. The van der Waals surface area contributed by atoms with Crippen LogP contribution in [0.15, 0.2) is 28.7 Å². The fourth-order valence-corrected chi connectivity index (χ4v) is 3.38. The number of amides is 1. The highest BCUT2D eigenvalue weighted by Crippen LogP contribution is 2.25. The topological polar surface area (TPSA) is 81.7 Å². The van der Waals surface area contributed by atoms with E-state index in [4.69, 9.17) is 4.42 Å². The summed E-state index contributed by atoms with van der Waals surface area (Å²) >= 11 is 0. The number of ether oxygens (including phenoxy) is 1. The lowest BCUT2D eigenvalue weighted by molar-refractivity contribution is -0.274. The molecule has 0 aliphatic carbocycles. The van der Waals surface area contributed by atoms with Gasteiger partial charge in [-0.3, -0.25) is 19.9 Å². The number of nitrogens with zero attached hydrogens (tertiary/aromatic N) is 3. The first-order chi connectivity index (χ1) is 14.6. The Morgan fingerprint density at radius 1 is 1.16 bits per heavy atom. The molecule has 2 heterocycles. The molecule has 1 fully saturated rings. The van der Waals surface area contributed by atoms with Crippen LogP contribution in [0.25, 0.3) is 0 Å². The number of rotatable bonds is 6. The van der Waals surface area contributed by atoms with Crippen molar-refractivity contribution in [1.82, 2.24) is 9.80 Å². The lowest BCUT2D eigenvalue weighted by atomic mass is 10.2. The van der Waals surface area contributed by atoms with Crippen LogP contribution in [0.4, 0.5) is 19.1 Å². The second-order valence-corrected chi connectivity index (χ2v) is 7.39. The van der Waals surface area contributed by atoms with Crippen molar-refractivity contribution >= 4 is 11.8 Å². The quantitative estimate of drug-likeness (QED) is 0.747. The maximum absolute atomic E-state index is 12.3. The standard InChI is InChI=1S/C21H23F3N4O3/c1-14-15(2)30-20(18(14)11-25)26-19(29)13-28-9-7-27(8-10-28)12-16-3-5-17(6-4-16)31-21(22,23)24/h3-6H,7-10,12-13H2,1-2H3,(H,26,29). The molecule has 1 aromatic heterocycles. The van der Waals surface area contributed by atoms with Crippen LogP contribution in [0.1, 0.15) is 22.5 Å². The monoisotopic (exact) mass is 436 g/mol. The normalized spacial score (nSPS) is 15.5. The Balaban J connectivity index is 1.45. The summed E-state index contributed by atoms with van der Waals surface area (Å²) in [7, 11) is 0. The molecule has 0 bridgehead atoms. The van der Waals surface area contributed by atoms with Gasteiger partial charge in [0.05, 0.1) is 6.54 Å². The summed E-state index contributed by atoms with van der Waals surface area (Å²) in [5.74, 6) is 0.282. The number of hydrogen-bond acceptors (Lipinski definition) is 6. The molecular weight excluding hydrogens is 413 g/mol. The molecule has 1 aromatic carbocycles. The number of aryl methyl sites for hydroxylation is 1. The third kappa shape index (κ3) is 6.23. The Morgan fingerprint density at radius 3 is 2.35 bits per heavy atom. The minimum Gasteiger partial charge on any atom is -0.444 e. The van der Waals surface area contributed by atoms with Gasteiger partial charge in [0.1, 0.15) is 23.1 Å². The zero-order chi connectivity index (χ0) is 22.6. The van der Waals surface area contributed by atoms with Crippen LogP contribution in [0.5, 0.6) is 5.75 Å². The van der Waals surface area contributed by atoms with Crippen LogP contribution < -0.4 is 10.1 Å². The summed E-state index contributed by atoms with van der Waals surface area (Å²) in [6, 6.07) is 7.87. The second-order valence-electron chi connectivity index (χ2n) is 7.39. The number of nitriles is 1. The largest absolute Gasteiger partial charge is 0.573 e. The zero-order valence-corrected chi connectivity index (χ0v) is 17.3. The molecule has 166 valence electrons. The summed E-state index contributed by atoms with van der Waals surface area (Å²) in [5, 5.41) is 11.9. The average molecular weight is 436 g/mol. The first kappa shape index (κ1) is 22.7. The maximum Gasteiger partial charge on any atom is 0.573 e. The van der Waals surface area contributed by atoms with E-state index in [1.165, 1.54) is 12.1 Å². The highest BCUT2D eigenvalue weighted by atomic mass is 19.4. The van der Waals surface area contributed by atoms with Gasteiger partial charge in [-0.1, -0.05) is 12.1 Å². The van der Waals surface area contributed by atoms with Gasteiger partial charge in [0.2, 0.25) is 11.8 Å². The van der Waals surface area contributed by atoms with E-state index < -0.39 is 6.36 Å². The fraction of sp³-hybridized carbons (Fsp3) is 0.429. The Morgan fingerprint density at radius 2 is 1.77 bits per heavy atom. The molecule has 0 saturated carbocycles. The fourth-order valence-electron chi connectivity index (χ4n) is 3.38. The molecule has 1 aliphatic rings. The second kappa shape index (κ2) is 9.41. The number of carbonyl (C=O) groups is 1. The van der Waals surface area contributed by atoms with Gasteiger partial charge in [-0.25, -0.2) is 0 Å². The molecule has 0 atom stereocenters. The smallest absolute Gasteiger partial charge is 0.444 e. The van der Waals surface area contributed by atoms with Crippen molar-refractivity contribution in [3.05, 3.63) is 46.7 Å². The molecular formula is C21H23F3N4O3. The molecule has 7 nitrogen and oxygen atoms in total. The number of hydrogen-bond donors (Lipinski definition) is 1. The van der Waals surface area contributed by atoms with Crippen molar-refractivity contribution in [2.75, 3.05) is 38.0 Å². The van der Waals surface area contributed by atoms with Gasteiger partial charge in [0, 0.05) is 38.3 Å². The molecule has 1 saturated heterocycles.